The van der Waals surface area contributed by atoms with Crippen LogP contribution in [0.2, 0.25) is 0 Å². The maximum Gasteiger partial charge on any atom is 0.414 e. The van der Waals surface area contributed by atoms with Crippen molar-refractivity contribution in [2.75, 3.05) is 13.7 Å². The van der Waals surface area contributed by atoms with Crippen molar-refractivity contribution in [3.63, 3.8) is 0 Å². The van der Waals surface area contributed by atoms with Gasteiger partial charge in [0.2, 0.25) is 0 Å². The summed E-state index contributed by atoms with van der Waals surface area (Å²) in [6.07, 6.45) is -5.19. The molecule has 80 valence electrons. The lowest BCUT2D eigenvalue weighted by Crippen LogP contribution is -2.35. The number of alkyl halides is 3. The van der Waals surface area contributed by atoms with Gasteiger partial charge < -0.3 is 10.1 Å². The molecule has 0 spiro atoms. The van der Waals surface area contributed by atoms with E-state index in [-0.39, 0.29) is 12.6 Å². The van der Waals surface area contributed by atoms with E-state index in [1.54, 1.807) is 7.05 Å². The second kappa shape index (κ2) is 5.44. The highest BCUT2D eigenvalue weighted by atomic mass is 19.4. The Bertz CT molecular complexity index is 134. The van der Waals surface area contributed by atoms with E-state index >= 15 is 0 Å². The summed E-state index contributed by atoms with van der Waals surface area (Å²) in [6, 6.07) is -0.00944. The Kier molecular flexibility index (Phi) is 5.32. The van der Waals surface area contributed by atoms with Gasteiger partial charge in [-0.25, -0.2) is 0 Å². The molecule has 2 unspecified atom stereocenters. The molecule has 13 heavy (non-hydrogen) atoms. The van der Waals surface area contributed by atoms with Crippen molar-refractivity contribution in [3.05, 3.63) is 0 Å². The molecule has 0 amide bonds. The molecule has 0 radical (unpaired) electrons. The van der Waals surface area contributed by atoms with Gasteiger partial charge >= 0.3 is 6.18 Å². The standard InChI is InChI=1S/C8H16F3NO/c1-4-7(12-3)5-13-6(2)8(9,10)11/h6-7,12H,4-5H2,1-3H3. The van der Waals surface area contributed by atoms with Gasteiger partial charge in [0.1, 0.15) is 0 Å². The molecule has 2 nitrogen and oxygen atoms in total. The van der Waals surface area contributed by atoms with Crippen LogP contribution in [-0.2, 0) is 4.74 Å². The Balaban J connectivity index is 3.75. The maximum absolute atomic E-state index is 12.0. The topological polar surface area (TPSA) is 21.3 Å². The van der Waals surface area contributed by atoms with Gasteiger partial charge in [-0.2, -0.15) is 13.2 Å². The van der Waals surface area contributed by atoms with E-state index in [1.165, 1.54) is 0 Å². The van der Waals surface area contributed by atoms with Crippen LogP contribution in [-0.4, -0.2) is 32.0 Å². The van der Waals surface area contributed by atoms with Crippen molar-refractivity contribution in [1.29, 1.82) is 0 Å². The molecule has 0 aromatic heterocycles. The van der Waals surface area contributed by atoms with Crippen LogP contribution in [0.15, 0.2) is 0 Å². The summed E-state index contributed by atoms with van der Waals surface area (Å²) in [6.45, 7) is 3.00. The van der Waals surface area contributed by atoms with Gasteiger partial charge in [0.15, 0.2) is 6.10 Å². The zero-order valence-electron chi connectivity index (χ0n) is 8.11. The van der Waals surface area contributed by atoms with E-state index < -0.39 is 12.3 Å². The van der Waals surface area contributed by atoms with Crippen LogP contribution >= 0.6 is 0 Å². The maximum atomic E-state index is 12.0. The van der Waals surface area contributed by atoms with Gasteiger partial charge in [-0.15, -0.1) is 0 Å². The highest BCUT2D eigenvalue weighted by molar-refractivity contribution is 4.65. The minimum atomic E-state index is -4.26. The molecule has 0 fully saturated rings. The number of hydrogen-bond donors (Lipinski definition) is 1. The average Bonchev–Trinajstić information content (AvgIpc) is 2.04. The van der Waals surface area contributed by atoms with E-state index in [2.05, 4.69) is 10.1 Å². The monoisotopic (exact) mass is 199 g/mol. The summed E-state index contributed by atoms with van der Waals surface area (Å²) in [5.74, 6) is 0. The number of ether oxygens (including phenoxy) is 1. The van der Waals surface area contributed by atoms with Gasteiger partial charge in [-0.05, 0) is 20.4 Å². The quantitative estimate of drug-likeness (QED) is 0.730. The molecule has 0 aliphatic rings. The van der Waals surface area contributed by atoms with Gasteiger partial charge in [0.05, 0.1) is 6.61 Å². The molecule has 0 heterocycles. The average molecular weight is 199 g/mol. The molecule has 2 atom stereocenters. The first-order valence-corrected chi connectivity index (χ1v) is 4.27. The minimum Gasteiger partial charge on any atom is -0.367 e. The summed E-state index contributed by atoms with van der Waals surface area (Å²) >= 11 is 0. The van der Waals surface area contributed by atoms with Crippen molar-refractivity contribution in [3.8, 4) is 0 Å². The first-order chi connectivity index (χ1) is 5.91. The fourth-order valence-electron chi connectivity index (χ4n) is 0.760. The molecule has 0 aromatic rings. The van der Waals surface area contributed by atoms with Crippen molar-refractivity contribution in [2.45, 2.75) is 38.6 Å². The molecule has 0 rings (SSSR count). The number of halogens is 3. The predicted molar refractivity (Wildman–Crippen MR) is 44.6 cm³/mol. The smallest absolute Gasteiger partial charge is 0.367 e. The third-order valence-electron chi connectivity index (χ3n) is 1.91. The normalized spacial score (nSPS) is 17.1. The van der Waals surface area contributed by atoms with Crippen LogP contribution in [0.1, 0.15) is 20.3 Å². The Morgan fingerprint density at radius 3 is 2.23 bits per heavy atom. The molecular formula is C8H16F3NO. The Morgan fingerprint density at radius 2 is 1.92 bits per heavy atom. The Labute approximate surface area is 76.5 Å². The fourth-order valence-corrected chi connectivity index (χ4v) is 0.760. The summed E-state index contributed by atoms with van der Waals surface area (Å²) < 4.78 is 40.5. The van der Waals surface area contributed by atoms with Crippen molar-refractivity contribution >= 4 is 0 Å². The molecule has 0 aromatic carbocycles. The first kappa shape index (κ1) is 12.7. The lowest BCUT2D eigenvalue weighted by Gasteiger charge is -2.20. The fraction of sp³-hybridized carbons (Fsp3) is 1.00. The van der Waals surface area contributed by atoms with E-state index in [0.29, 0.717) is 0 Å². The lowest BCUT2D eigenvalue weighted by atomic mass is 10.2. The second-order valence-electron chi connectivity index (χ2n) is 2.91. The lowest BCUT2D eigenvalue weighted by molar-refractivity contribution is -0.215. The number of hydrogen-bond acceptors (Lipinski definition) is 2. The minimum absolute atomic E-state index is 0.00944. The highest BCUT2D eigenvalue weighted by Crippen LogP contribution is 2.22. The van der Waals surface area contributed by atoms with Crippen LogP contribution in [0.25, 0.3) is 0 Å². The van der Waals surface area contributed by atoms with E-state index in [1.807, 2.05) is 6.92 Å². The molecular weight excluding hydrogens is 183 g/mol. The van der Waals surface area contributed by atoms with Gasteiger partial charge in [-0.1, -0.05) is 6.92 Å². The van der Waals surface area contributed by atoms with Crippen LogP contribution in [0.3, 0.4) is 0 Å². The van der Waals surface area contributed by atoms with Crippen LogP contribution in [0, 0.1) is 0 Å². The third kappa shape index (κ3) is 5.10. The third-order valence-corrected chi connectivity index (χ3v) is 1.91. The summed E-state index contributed by atoms with van der Waals surface area (Å²) in [5.41, 5.74) is 0. The highest BCUT2D eigenvalue weighted by Gasteiger charge is 2.37. The van der Waals surface area contributed by atoms with Crippen LogP contribution in [0.4, 0.5) is 13.2 Å². The second-order valence-corrected chi connectivity index (χ2v) is 2.91. The van der Waals surface area contributed by atoms with E-state index in [4.69, 9.17) is 0 Å². The SMILES string of the molecule is CCC(COC(C)C(F)(F)F)NC. The zero-order chi connectivity index (χ0) is 10.5. The number of likely N-dealkylation sites (N-methyl/N-ethyl adjacent to an activating group) is 1. The molecule has 0 saturated carbocycles. The first-order valence-electron chi connectivity index (χ1n) is 4.27. The van der Waals surface area contributed by atoms with E-state index in [9.17, 15) is 13.2 Å². The Morgan fingerprint density at radius 1 is 1.38 bits per heavy atom. The molecule has 0 saturated heterocycles. The molecule has 0 aliphatic heterocycles. The summed E-state index contributed by atoms with van der Waals surface area (Å²) in [5, 5.41) is 2.87. The molecule has 1 N–H and O–H groups in total. The van der Waals surface area contributed by atoms with Gasteiger partial charge in [0.25, 0.3) is 0 Å². The van der Waals surface area contributed by atoms with Gasteiger partial charge in [0, 0.05) is 6.04 Å². The summed E-state index contributed by atoms with van der Waals surface area (Å²) in [4.78, 5) is 0. The van der Waals surface area contributed by atoms with Crippen LogP contribution < -0.4 is 5.32 Å². The molecule has 0 bridgehead atoms. The number of nitrogens with one attached hydrogen (secondary N) is 1. The van der Waals surface area contributed by atoms with Crippen molar-refractivity contribution in [1.82, 2.24) is 5.32 Å². The summed E-state index contributed by atoms with van der Waals surface area (Å²) in [7, 11) is 1.70. The van der Waals surface area contributed by atoms with Crippen molar-refractivity contribution in [2.24, 2.45) is 0 Å². The predicted octanol–water partition coefficient (Wildman–Crippen LogP) is 1.95. The largest absolute Gasteiger partial charge is 0.414 e. The molecule has 5 heteroatoms. The van der Waals surface area contributed by atoms with E-state index in [0.717, 1.165) is 13.3 Å². The van der Waals surface area contributed by atoms with Crippen LogP contribution in [0.5, 0.6) is 0 Å². The zero-order valence-corrected chi connectivity index (χ0v) is 8.11. The Hall–Kier alpha value is -0.290. The van der Waals surface area contributed by atoms with Gasteiger partial charge in [-0.3, -0.25) is 0 Å². The molecule has 0 aliphatic carbocycles. The number of rotatable bonds is 5. The van der Waals surface area contributed by atoms with Crippen molar-refractivity contribution < 1.29 is 17.9 Å².